The van der Waals surface area contributed by atoms with Gasteiger partial charge in [0.05, 0.1) is 22.3 Å². The molecule has 0 aromatic heterocycles. The second-order valence-corrected chi connectivity index (χ2v) is 10.8. The lowest BCUT2D eigenvalue weighted by Gasteiger charge is -2.27. The standard InChI is InChI=1S/2C15H14N2O4/c2*1-7-3-4-8(2)12-11(7)14(20)17(15(12)21)9-5-6-10(18)16-13(9)19/h2*3-4,9H,5-6H2,1-2H3,(H,16,18,19). The number of hydrogen-bond donors (Lipinski definition) is 2. The van der Waals surface area contributed by atoms with Gasteiger partial charge < -0.3 is 0 Å². The Hall–Kier alpha value is -5.00. The largest absolute Gasteiger partial charge is 0.295 e. The normalized spacial score (nSPS) is 21.6. The molecule has 8 amide bonds. The SMILES string of the molecule is Cc1ccc(C)c2c1C(=O)N(C1CCC(=O)NC1=O)C2=O.Cc1ccc(C)c2c1C(=O)N(C1CCC(=O)NC1=O)C2=O. The number of hydrogen-bond acceptors (Lipinski definition) is 8. The van der Waals surface area contributed by atoms with Gasteiger partial charge in [-0.05, 0) is 62.8 Å². The Labute approximate surface area is 240 Å². The summed E-state index contributed by atoms with van der Waals surface area (Å²) in [6.45, 7) is 7.05. The van der Waals surface area contributed by atoms with Gasteiger partial charge in [0.1, 0.15) is 12.1 Å². The molecule has 2 saturated heterocycles. The fourth-order valence-corrected chi connectivity index (χ4v) is 5.81. The van der Waals surface area contributed by atoms with Crippen molar-refractivity contribution in [1.29, 1.82) is 0 Å². The first kappa shape index (κ1) is 28.5. The van der Waals surface area contributed by atoms with Crippen molar-refractivity contribution in [2.24, 2.45) is 0 Å². The van der Waals surface area contributed by atoms with Gasteiger partial charge in [-0.1, -0.05) is 24.3 Å². The zero-order chi connectivity index (χ0) is 30.6. The second kappa shape index (κ2) is 10.4. The van der Waals surface area contributed by atoms with Gasteiger partial charge in [0.2, 0.25) is 23.6 Å². The smallest absolute Gasteiger partial charge is 0.262 e. The van der Waals surface area contributed by atoms with E-state index < -0.39 is 47.5 Å². The third kappa shape index (κ3) is 4.48. The van der Waals surface area contributed by atoms with Crippen LogP contribution in [0.3, 0.4) is 0 Å². The van der Waals surface area contributed by atoms with E-state index in [0.717, 1.165) is 9.80 Å². The van der Waals surface area contributed by atoms with E-state index >= 15 is 0 Å². The molecule has 4 aliphatic rings. The van der Waals surface area contributed by atoms with Gasteiger partial charge in [0.15, 0.2) is 0 Å². The highest BCUT2D eigenvalue weighted by Gasteiger charge is 2.47. The first-order chi connectivity index (χ1) is 19.8. The van der Waals surface area contributed by atoms with E-state index in [1.54, 1.807) is 52.0 Å². The van der Waals surface area contributed by atoms with E-state index in [2.05, 4.69) is 10.6 Å². The van der Waals surface area contributed by atoms with Crippen molar-refractivity contribution in [2.45, 2.75) is 65.5 Å². The number of nitrogens with zero attached hydrogens (tertiary/aromatic N) is 2. The number of rotatable bonds is 2. The van der Waals surface area contributed by atoms with Gasteiger partial charge in [-0.25, -0.2) is 0 Å². The van der Waals surface area contributed by atoms with Crippen LogP contribution < -0.4 is 10.6 Å². The van der Waals surface area contributed by atoms with Crippen molar-refractivity contribution in [2.75, 3.05) is 0 Å². The number of imide groups is 4. The van der Waals surface area contributed by atoms with Crippen LogP contribution in [0.4, 0.5) is 0 Å². The van der Waals surface area contributed by atoms with E-state index in [4.69, 9.17) is 0 Å². The molecule has 2 unspecified atom stereocenters. The van der Waals surface area contributed by atoms with E-state index in [0.29, 0.717) is 44.5 Å². The van der Waals surface area contributed by atoms with Crippen LogP contribution in [-0.2, 0) is 19.2 Å². The topological polar surface area (TPSA) is 167 Å². The lowest BCUT2D eigenvalue weighted by Crippen LogP contribution is -2.54. The average molecular weight is 573 g/mol. The van der Waals surface area contributed by atoms with Crippen LogP contribution in [0.15, 0.2) is 24.3 Å². The summed E-state index contributed by atoms with van der Waals surface area (Å²) in [6, 6.07) is 5.32. The molecular weight excluding hydrogens is 544 g/mol. The third-order valence-electron chi connectivity index (χ3n) is 8.02. The minimum Gasteiger partial charge on any atom is -0.295 e. The summed E-state index contributed by atoms with van der Waals surface area (Å²) in [4.78, 5) is 98.4. The maximum absolute atomic E-state index is 12.5. The van der Waals surface area contributed by atoms with Crippen molar-refractivity contribution in [3.05, 3.63) is 68.8 Å². The molecule has 2 fully saturated rings. The fourth-order valence-electron chi connectivity index (χ4n) is 5.81. The molecule has 2 aromatic carbocycles. The maximum Gasteiger partial charge on any atom is 0.262 e. The molecule has 2 aromatic rings. The van der Waals surface area contributed by atoms with Crippen molar-refractivity contribution < 1.29 is 38.4 Å². The van der Waals surface area contributed by atoms with Crippen LogP contribution in [0.5, 0.6) is 0 Å². The zero-order valence-electron chi connectivity index (χ0n) is 23.5. The highest BCUT2D eigenvalue weighted by atomic mass is 16.2. The van der Waals surface area contributed by atoms with Crippen LogP contribution >= 0.6 is 0 Å². The van der Waals surface area contributed by atoms with Crippen LogP contribution in [-0.4, -0.2) is 69.1 Å². The van der Waals surface area contributed by atoms with E-state index in [9.17, 15) is 38.4 Å². The van der Waals surface area contributed by atoms with Crippen molar-refractivity contribution >= 4 is 47.3 Å². The number of piperidine rings is 2. The Morgan fingerprint density at radius 3 is 1.00 bits per heavy atom. The number of benzene rings is 2. The molecule has 0 bridgehead atoms. The molecule has 2 N–H and O–H groups in total. The molecule has 0 aliphatic carbocycles. The molecule has 0 saturated carbocycles. The molecule has 4 aliphatic heterocycles. The highest BCUT2D eigenvalue weighted by molar-refractivity contribution is 6.25. The summed E-state index contributed by atoms with van der Waals surface area (Å²) >= 11 is 0. The Kier molecular flexibility index (Phi) is 7.09. The maximum atomic E-state index is 12.5. The summed E-state index contributed by atoms with van der Waals surface area (Å²) < 4.78 is 0. The van der Waals surface area contributed by atoms with Gasteiger partial charge in [0.25, 0.3) is 23.6 Å². The predicted molar refractivity (Wildman–Crippen MR) is 145 cm³/mol. The van der Waals surface area contributed by atoms with Crippen LogP contribution in [0.25, 0.3) is 0 Å². The van der Waals surface area contributed by atoms with Crippen molar-refractivity contribution in [3.63, 3.8) is 0 Å². The molecule has 12 nitrogen and oxygen atoms in total. The number of carbonyl (C=O) groups excluding carboxylic acids is 8. The minimum atomic E-state index is -0.908. The Morgan fingerprint density at radius 1 is 0.500 bits per heavy atom. The Morgan fingerprint density at radius 2 is 0.762 bits per heavy atom. The van der Waals surface area contributed by atoms with Crippen molar-refractivity contribution in [3.8, 4) is 0 Å². The summed E-state index contributed by atoms with van der Waals surface area (Å²) in [7, 11) is 0. The molecule has 216 valence electrons. The zero-order valence-corrected chi connectivity index (χ0v) is 23.5. The predicted octanol–water partition coefficient (Wildman–Crippen LogP) is 1.41. The first-order valence-corrected chi connectivity index (χ1v) is 13.5. The summed E-state index contributed by atoms with van der Waals surface area (Å²) in [5.41, 5.74) is 4.31. The number of carbonyl (C=O) groups is 8. The third-order valence-corrected chi connectivity index (χ3v) is 8.02. The molecule has 0 radical (unpaired) electrons. The molecule has 0 spiro atoms. The van der Waals surface area contributed by atoms with Gasteiger partial charge in [-0.3, -0.25) is 58.8 Å². The number of amides is 8. The van der Waals surface area contributed by atoms with Gasteiger partial charge >= 0.3 is 0 Å². The van der Waals surface area contributed by atoms with Crippen LogP contribution in [0, 0.1) is 27.7 Å². The van der Waals surface area contributed by atoms with Gasteiger partial charge in [-0.2, -0.15) is 0 Å². The summed E-state index contributed by atoms with van der Waals surface area (Å²) in [6.07, 6.45) is 0.603. The molecule has 2 atom stereocenters. The lowest BCUT2D eigenvalue weighted by molar-refractivity contribution is -0.137. The van der Waals surface area contributed by atoms with E-state index in [1.807, 2.05) is 0 Å². The van der Waals surface area contributed by atoms with Gasteiger partial charge in [-0.15, -0.1) is 0 Å². The molecule has 4 heterocycles. The first-order valence-electron chi connectivity index (χ1n) is 13.5. The minimum absolute atomic E-state index is 0.127. The number of aryl methyl sites for hydroxylation is 4. The Balaban J connectivity index is 0.000000168. The Bertz CT molecular complexity index is 1460. The van der Waals surface area contributed by atoms with Crippen molar-refractivity contribution in [1.82, 2.24) is 20.4 Å². The molecule has 12 heteroatoms. The lowest BCUT2D eigenvalue weighted by atomic mass is 9.99. The number of nitrogens with one attached hydrogen (secondary N) is 2. The van der Waals surface area contributed by atoms with E-state index in [-0.39, 0.29) is 37.5 Å². The van der Waals surface area contributed by atoms with Crippen LogP contribution in [0.2, 0.25) is 0 Å². The highest BCUT2D eigenvalue weighted by Crippen LogP contribution is 2.33. The van der Waals surface area contributed by atoms with Gasteiger partial charge in [0, 0.05) is 12.8 Å². The fraction of sp³-hybridized carbons (Fsp3) is 0.333. The number of fused-ring (bicyclic) bond motifs is 2. The average Bonchev–Trinajstić information content (AvgIpc) is 3.35. The summed E-state index contributed by atoms with van der Waals surface area (Å²) in [5, 5.41) is 4.36. The molecular formula is C30H28N4O8. The monoisotopic (exact) mass is 572 g/mol. The van der Waals surface area contributed by atoms with E-state index in [1.165, 1.54) is 0 Å². The quantitative estimate of drug-likeness (QED) is 0.510. The second-order valence-electron chi connectivity index (χ2n) is 10.8. The van der Waals surface area contributed by atoms with Crippen LogP contribution in [0.1, 0.15) is 89.4 Å². The molecule has 6 rings (SSSR count). The molecule has 42 heavy (non-hydrogen) atoms. The summed E-state index contributed by atoms with van der Waals surface area (Å²) in [5.74, 6) is -3.74.